The van der Waals surface area contributed by atoms with Crippen LogP contribution in [0.15, 0.2) is 47.6 Å². The number of hydrogen-bond donors (Lipinski definition) is 0. The van der Waals surface area contributed by atoms with E-state index in [1.165, 1.54) is 16.7 Å². The Balaban J connectivity index is 1.62. The van der Waals surface area contributed by atoms with Crippen LogP contribution in [0.2, 0.25) is 5.02 Å². The Bertz CT molecular complexity index is 1200. The minimum atomic E-state index is 0.651. The van der Waals surface area contributed by atoms with Gasteiger partial charge in [-0.2, -0.15) is 4.98 Å². The topological polar surface area (TPSA) is 43.1 Å². The third-order valence-electron chi connectivity index (χ3n) is 5.16. The van der Waals surface area contributed by atoms with Crippen molar-refractivity contribution in [3.05, 3.63) is 86.7 Å². The molecule has 148 valence electrons. The van der Waals surface area contributed by atoms with Gasteiger partial charge in [-0.05, 0) is 62.1 Å². The minimum Gasteiger partial charge on any atom is -0.216 e. The van der Waals surface area contributed by atoms with Gasteiger partial charge in [0.2, 0.25) is 5.16 Å². The van der Waals surface area contributed by atoms with Crippen LogP contribution in [0.25, 0.3) is 5.78 Å². The molecule has 0 saturated carbocycles. The molecule has 4 rings (SSSR count). The van der Waals surface area contributed by atoms with Gasteiger partial charge in [-0.3, -0.25) is 0 Å². The van der Waals surface area contributed by atoms with Gasteiger partial charge < -0.3 is 0 Å². The molecule has 2 aromatic heterocycles. The van der Waals surface area contributed by atoms with Crippen LogP contribution in [0.4, 0.5) is 0 Å². The number of halogens is 1. The smallest absolute Gasteiger partial charge is 0.216 e. The molecule has 0 aliphatic heterocycles. The Morgan fingerprint density at radius 3 is 2.62 bits per heavy atom. The van der Waals surface area contributed by atoms with Gasteiger partial charge in [0.25, 0.3) is 5.78 Å². The fraction of sp³-hybridized carbons (Fsp3) is 0.261. The van der Waals surface area contributed by atoms with Crippen molar-refractivity contribution in [3.8, 4) is 0 Å². The van der Waals surface area contributed by atoms with Gasteiger partial charge >= 0.3 is 0 Å². The quantitative estimate of drug-likeness (QED) is 0.376. The first-order valence-electron chi connectivity index (χ1n) is 9.57. The molecule has 29 heavy (non-hydrogen) atoms. The summed E-state index contributed by atoms with van der Waals surface area (Å²) in [7, 11) is 0. The SMILES string of the molecule is Cc1ccc(C)c(CSc2nc3nc(C)c(Cc4cccc(Cl)c4)c(C)n3n2)c1. The van der Waals surface area contributed by atoms with Crippen LogP contribution < -0.4 is 0 Å². The zero-order chi connectivity index (χ0) is 20.5. The highest BCUT2D eigenvalue weighted by Crippen LogP contribution is 2.25. The Hall–Kier alpha value is -2.37. The van der Waals surface area contributed by atoms with E-state index in [4.69, 9.17) is 21.7 Å². The van der Waals surface area contributed by atoms with Gasteiger partial charge in [0, 0.05) is 28.6 Å². The fourth-order valence-electron chi connectivity index (χ4n) is 3.46. The molecule has 0 spiro atoms. The van der Waals surface area contributed by atoms with Crippen LogP contribution in [0.5, 0.6) is 0 Å². The van der Waals surface area contributed by atoms with Gasteiger partial charge in [-0.1, -0.05) is 59.3 Å². The van der Waals surface area contributed by atoms with Crippen LogP contribution in [-0.4, -0.2) is 19.6 Å². The summed E-state index contributed by atoms with van der Waals surface area (Å²) in [5.74, 6) is 1.50. The van der Waals surface area contributed by atoms with Gasteiger partial charge in [0.05, 0.1) is 0 Å². The number of rotatable bonds is 5. The van der Waals surface area contributed by atoms with Gasteiger partial charge in [0.1, 0.15) is 0 Å². The van der Waals surface area contributed by atoms with Crippen LogP contribution in [0.3, 0.4) is 0 Å². The maximum atomic E-state index is 6.15. The lowest BCUT2D eigenvalue weighted by Crippen LogP contribution is -2.06. The highest BCUT2D eigenvalue weighted by Gasteiger charge is 2.15. The van der Waals surface area contributed by atoms with E-state index in [1.54, 1.807) is 11.8 Å². The number of benzene rings is 2. The van der Waals surface area contributed by atoms with Crippen molar-refractivity contribution in [2.24, 2.45) is 0 Å². The second kappa shape index (κ2) is 8.17. The van der Waals surface area contributed by atoms with E-state index in [1.807, 2.05) is 29.6 Å². The van der Waals surface area contributed by atoms with Crippen molar-refractivity contribution in [3.63, 3.8) is 0 Å². The molecule has 0 N–H and O–H groups in total. The molecule has 0 radical (unpaired) electrons. The Morgan fingerprint density at radius 2 is 1.83 bits per heavy atom. The summed E-state index contributed by atoms with van der Waals surface area (Å²) in [6, 6.07) is 14.5. The van der Waals surface area contributed by atoms with E-state index >= 15 is 0 Å². The van der Waals surface area contributed by atoms with Gasteiger partial charge in [-0.15, -0.1) is 5.10 Å². The molecule has 0 unspecified atom stereocenters. The van der Waals surface area contributed by atoms with Gasteiger partial charge in [0.15, 0.2) is 0 Å². The maximum Gasteiger partial charge on any atom is 0.253 e. The molecule has 0 aliphatic carbocycles. The van der Waals surface area contributed by atoms with E-state index in [9.17, 15) is 0 Å². The summed E-state index contributed by atoms with van der Waals surface area (Å²) in [6.45, 7) is 8.37. The number of aryl methyl sites for hydroxylation is 4. The molecule has 0 saturated heterocycles. The van der Waals surface area contributed by atoms with Crippen LogP contribution in [0.1, 0.15) is 39.2 Å². The van der Waals surface area contributed by atoms with Crippen LogP contribution in [0, 0.1) is 27.7 Å². The molecule has 2 aromatic carbocycles. The van der Waals surface area contributed by atoms with E-state index in [0.717, 1.165) is 44.9 Å². The Kier molecular flexibility index (Phi) is 5.61. The number of nitrogens with zero attached hydrogens (tertiary/aromatic N) is 4. The van der Waals surface area contributed by atoms with Gasteiger partial charge in [-0.25, -0.2) is 9.50 Å². The second-order valence-electron chi connectivity index (χ2n) is 7.39. The summed E-state index contributed by atoms with van der Waals surface area (Å²) >= 11 is 7.80. The average Bonchev–Trinajstić information content (AvgIpc) is 3.09. The lowest BCUT2D eigenvalue weighted by atomic mass is 10.0. The lowest BCUT2D eigenvalue weighted by molar-refractivity contribution is 0.823. The molecule has 0 aliphatic rings. The average molecular weight is 423 g/mol. The number of fused-ring (bicyclic) bond motifs is 1. The van der Waals surface area contributed by atoms with E-state index in [0.29, 0.717) is 5.78 Å². The molecular formula is C23H23ClN4S. The summed E-state index contributed by atoms with van der Waals surface area (Å²) in [5, 5.41) is 6.22. The van der Waals surface area contributed by atoms with Crippen molar-refractivity contribution in [1.82, 2.24) is 19.6 Å². The Labute approximate surface area is 180 Å². The predicted molar refractivity (Wildman–Crippen MR) is 120 cm³/mol. The van der Waals surface area contributed by atoms with E-state index in [2.05, 4.69) is 50.0 Å². The second-order valence-corrected chi connectivity index (χ2v) is 8.77. The summed E-state index contributed by atoms with van der Waals surface area (Å²) < 4.78 is 1.86. The number of aromatic nitrogens is 4. The van der Waals surface area contributed by atoms with Crippen LogP contribution >= 0.6 is 23.4 Å². The molecule has 6 heteroatoms. The van der Waals surface area contributed by atoms with Crippen molar-refractivity contribution in [2.75, 3.05) is 0 Å². The van der Waals surface area contributed by atoms with Crippen molar-refractivity contribution in [2.45, 2.75) is 45.0 Å². The third kappa shape index (κ3) is 4.31. The van der Waals surface area contributed by atoms with Crippen molar-refractivity contribution >= 4 is 29.1 Å². The molecule has 0 fully saturated rings. The molecule has 4 aromatic rings. The highest BCUT2D eigenvalue weighted by atomic mass is 35.5. The standard InChI is InChI=1S/C23H23ClN4S/c1-14-8-9-15(2)19(10-14)13-29-23-26-22-25-16(3)21(17(4)28(22)27-23)12-18-6-5-7-20(24)11-18/h5-11H,12-13H2,1-4H3. The van der Waals surface area contributed by atoms with E-state index in [-0.39, 0.29) is 0 Å². The summed E-state index contributed by atoms with van der Waals surface area (Å²) in [4.78, 5) is 9.35. The molecule has 0 atom stereocenters. The zero-order valence-corrected chi connectivity index (χ0v) is 18.6. The molecule has 0 bridgehead atoms. The predicted octanol–water partition coefficient (Wildman–Crippen LogP) is 5.89. The number of hydrogen-bond acceptors (Lipinski definition) is 4. The monoisotopic (exact) mass is 422 g/mol. The zero-order valence-electron chi connectivity index (χ0n) is 17.0. The first kappa shape index (κ1) is 19.9. The molecule has 0 amide bonds. The molecular weight excluding hydrogens is 400 g/mol. The largest absolute Gasteiger partial charge is 0.253 e. The minimum absolute atomic E-state index is 0.651. The normalized spacial score (nSPS) is 11.3. The lowest BCUT2D eigenvalue weighted by Gasteiger charge is -2.10. The third-order valence-corrected chi connectivity index (χ3v) is 6.28. The first-order valence-corrected chi connectivity index (χ1v) is 10.9. The Morgan fingerprint density at radius 1 is 1.00 bits per heavy atom. The first-order chi connectivity index (χ1) is 13.9. The fourth-order valence-corrected chi connectivity index (χ4v) is 4.55. The molecule has 4 nitrogen and oxygen atoms in total. The highest BCUT2D eigenvalue weighted by molar-refractivity contribution is 7.98. The number of thioether (sulfide) groups is 1. The van der Waals surface area contributed by atoms with Crippen molar-refractivity contribution in [1.29, 1.82) is 0 Å². The van der Waals surface area contributed by atoms with Crippen molar-refractivity contribution < 1.29 is 0 Å². The maximum absolute atomic E-state index is 6.15. The summed E-state index contributed by atoms with van der Waals surface area (Å²) in [6.07, 6.45) is 0.770. The summed E-state index contributed by atoms with van der Waals surface area (Å²) in [5.41, 5.74) is 8.25. The van der Waals surface area contributed by atoms with E-state index < -0.39 is 0 Å². The molecule has 2 heterocycles. The van der Waals surface area contributed by atoms with Crippen LogP contribution in [-0.2, 0) is 12.2 Å².